The zero-order valence-electron chi connectivity index (χ0n) is 10.5. The van der Waals surface area contributed by atoms with Gasteiger partial charge in [-0.15, -0.1) is 5.06 Å². The summed E-state index contributed by atoms with van der Waals surface area (Å²) in [6.07, 6.45) is 2.27. The molecule has 2 heterocycles. The van der Waals surface area contributed by atoms with Crippen LogP contribution in [0.25, 0.3) is 0 Å². The Kier molecular flexibility index (Phi) is 2.97. The molecule has 1 spiro atoms. The maximum absolute atomic E-state index is 11.7. The van der Waals surface area contributed by atoms with Crippen LogP contribution >= 0.6 is 0 Å². The zero-order valence-corrected chi connectivity index (χ0v) is 10.5. The maximum atomic E-state index is 11.7. The number of hydrogen-bond donors (Lipinski definition) is 1. The van der Waals surface area contributed by atoms with Crippen molar-refractivity contribution in [3.63, 3.8) is 0 Å². The van der Waals surface area contributed by atoms with Gasteiger partial charge in [-0.1, -0.05) is 0 Å². The van der Waals surface area contributed by atoms with Gasteiger partial charge < -0.3 is 10.2 Å². The van der Waals surface area contributed by atoms with E-state index in [4.69, 9.17) is 4.84 Å². The number of piperidine rings is 1. The van der Waals surface area contributed by atoms with Gasteiger partial charge in [-0.2, -0.15) is 0 Å². The molecule has 0 aromatic rings. The smallest absolute Gasteiger partial charge is 0.330 e. The van der Waals surface area contributed by atoms with Crippen LogP contribution in [0.3, 0.4) is 0 Å². The first-order chi connectivity index (χ1) is 7.41. The minimum atomic E-state index is -0.410. The average molecular weight is 226 g/mol. The summed E-state index contributed by atoms with van der Waals surface area (Å²) >= 11 is 0. The van der Waals surface area contributed by atoms with Gasteiger partial charge in [0.1, 0.15) is 0 Å². The molecule has 4 nitrogen and oxygen atoms in total. The second-order valence-corrected chi connectivity index (χ2v) is 6.16. The van der Waals surface area contributed by atoms with E-state index in [-0.39, 0.29) is 5.97 Å². The average Bonchev–Trinajstić information content (AvgIpc) is 2.15. The molecule has 0 unspecified atom stereocenters. The molecule has 2 rings (SSSR count). The highest BCUT2D eigenvalue weighted by atomic mass is 16.7. The fraction of sp³-hybridized carbons (Fsp3) is 0.917. The van der Waals surface area contributed by atoms with Crippen LogP contribution in [0.5, 0.6) is 0 Å². The summed E-state index contributed by atoms with van der Waals surface area (Å²) in [4.78, 5) is 17.1. The Bertz CT molecular complexity index is 269. The number of rotatable bonds is 1. The molecule has 92 valence electrons. The Balaban J connectivity index is 1.79. The van der Waals surface area contributed by atoms with E-state index < -0.39 is 5.41 Å². The number of carbonyl (C=O) groups is 1. The molecule has 2 aliphatic rings. The quantitative estimate of drug-likeness (QED) is 0.729. The molecule has 0 atom stereocenters. The monoisotopic (exact) mass is 226 g/mol. The fourth-order valence-corrected chi connectivity index (χ4v) is 2.14. The van der Waals surface area contributed by atoms with Crippen LogP contribution in [0.15, 0.2) is 0 Å². The summed E-state index contributed by atoms with van der Waals surface area (Å²) in [5.74, 6) is -0.129. The van der Waals surface area contributed by atoms with Gasteiger partial charge in [-0.25, -0.2) is 4.79 Å². The molecule has 0 aliphatic carbocycles. The number of carbonyl (C=O) groups excluding carboxylic acids is 1. The number of hydroxylamine groups is 2. The van der Waals surface area contributed by atoms with Gasteiger partial charge in [0, 0.05) is 26.2 Å². The second-order valence-electron chi connectivity index (χ2n) is 6.16. The van der Waals surface area contributed by atoms with Crippen molar-refractivity contribution in [3.05, 3.63) is 0 Å². The SMILES string of the molecule is CC(C)(C)C(=O)ON1CCC2(CC1)CNC2. The van der Waals surface area contributed by atoms with Gasteiger partial charge in [0.2, 0.25) is 0 Å². The summed E-state index contributed by atoms with van der Waals surface area (Å²) in [6, 6.07) is 0. The van der Waals surface area contributed by atoms with Gasteiger partial charge in [0.05, 0.1) is 5.41 Å². The van der Waals surface area contributed by atoms with Crippen LogP contribution in [0.2, 0.25) is 0 Å². The Morgan fingerprint density at radius 2 is 1.81 bits per heavy atom. The lowest BCUT2D eigenvalue weighted by Crippen LogP contribution is -2.58. The molecular weight excluding hydrogens is 204 g/mol. The third kappa shape index (κ3) is 2.38. The highest BCUT2D eigenvalue weighted by Crippen LogP contribution is 2.35. The molecule has 0 radical (unpaired) electrons. The molecule has 0 aromatic carbocycles. The predicted molar refractivity (Wildman–Crippen MR) is 61.7 cm³/mol. The van der Waals surface area contributed by atoms with Gasteiger partial charge in [-0.05, 0) is 39.0 Å². The topological polar surface area (TPSA) is 41.6 Å². The number of hydrogen-bond acceptors (Lipinski definition) is 4. The number of nitrogens with one attached hydrogen (secondary N) is 1. The fourth-order valence-electron chi connectivity index (χ4n) is 2.14. The summed E-state index contributed by atoms with van der Waals surface area (Å²) in [7, 11) is 0. The largest absolute Gasteiger partial charge is 0.367 e. The van der Waals surface area contributed by atoms with Crippen molar-refractivity contribution >= 4 is 5.97 Å². The van der Waals surface area contributed by atoms with E-state index in [1.165, 1.54) is 0 Å². The zero-order chi connectivity index (χ0) is 11.8. The summed E-state index contributed by atoms with van der Waals surface area (Å²) in [5, 5.41) is 5.16. The molecule has 16 heavy (non-hydrogen) atoms. The second kappa shape index (κ2) is 4.00. The Labute approximate surface area is 97.3 Å². The van der Waals surface area contributed by atoms with Gasteiger partial charge in [0.15, 0.2) is 0 Å². The molecule has 0 saturated carbocycles. The van der Waals surface area contributed by atoms with Crippen LogP contribution in [-0.4, -0.2) is 37.2 Å². The van der Waals surface area contributed by atoms with E-state index in [9.17, 15) is 4.79 Å². The third-order valence-electron chi connectivity index (χ3n) is 3.61. The van der Waals surface area contributed by atoms with E-state index in [2.05, 4.69) is 5.32 Å². The lowest BCUT2D eigenvalue weighted by molar-refractivity contribution is -0.211. The first-order valence-corrected chi connectivity index (χ1v) is 6.09. The van der Waals surface area contributed by atoms with Crippen LogP contribution in [0.1, 0.15) is 33.6 Å². The van der Waals surface area contributed by atoms with Crippen LogP contribution in [0.4, 0.5) is 0 Å². The summed E-state index contributed by atoms with van der Waals surface area (Å²) < 4.78 is 0. The van der Waals surface area contributed by atoms with Crippen molar-refractivity contribution < 1.29 is 9.63 Å². The van der Waals surface area contributed by atoms with Crippen molar-refractivity contribution in [2.24, 2.45) is 10.8 Å². The molecule has 2 aliphatic heterocycles. The first kappa shape index (κ1) is 11.9. The minimum absolute atomic E-state index is 0.129. The molecule has 0 bridgehead atoms. The van der Waals surface area contributed by atoms with E-state index in [1.54, 1.807) is 0 Å². The highest BCUT2D eigenvalue weighted by Gasteiger charge is 2.40. The lowest BCUT2D eigenvalue weighted by atomic mass is 9.74. The van der Waals surface area contributed by atoms with Gasteiger partial charge in [-0.3, -0.25) is 0 Å². The Hall–Kier alpha value is -0.610. The normalized spacial score (nSPS) is 25.2. The van der Waals surface area contributed by atoms with Crippen molar-refractivity contribution in [1.29, 1.82) is 0 Å². The third-order valence-corrected chi connectivity index (χ3v) is 3.61. The predicted octanol–water partition coefficient (Wildman–Crippen LogP) is 1.18. The standard InChI is InChI=1S/C12H22N2O2/c1-11(2,3)10(15)16-14-6-4-12(5-7-14)8-13-9-12/h13H,4-9H2,1-3H3. The van der Waals surface area contributed by atoms with E-state index in [0.29, 0.717) is 5.41 Å². The number of nitrogens with zero attached hydrogens (tertiary/aromatic N) is 1. The molecule has 2 saturated heterocycles. The summed E-state index contributed by atoms with van der Waals surface area (Å²) in [5.41, 5.74) is 0.0950. The van der Waals surface area contributed by atoms with E-state index in [1.807, 2.05) is 25.8 Å². The van der Waals surface area contributed by atoms with Crippen molar-refractivity contribution in [2.75, 3.05) is 26.2 Å². The van der Waals surface area contributed by atoms with Crippen LogP contribution < -0.4 is 5.32 Å². The lowest BCUT2D eigenvalue weighted by Gasteiger charge is -2.47. The molecule has 0 aromatic heterocycles. The molecule has 4 heteroatoms. The molecular formula is C12H22N2O2. The summed E-state index contributed by atoms with van der Waals surface area (Å²) in [6.45, 7) is 9.68. The van der Waals surface area contributed by atoms with Crippen molar-refractivity contribution in [2.45, 2.75) is 33.6 Å². The van der Waals surface area contributed by atoms with Gasteiger partial charge >= 0.3 is 5.97 Å². The van der Waals surface area contributed by atoms with Crippen molar-refractivity contribution in [1.82, 2.24) is 10.4 Å². The Morgan fingerprint density at radius 1 is 1.25 bits per heavy atom. The Morgan fingerprint density at radius 3 is 2.19 bits per heavy atom. The maximum Gasteiger partial charge on any atom is 0.330 e. The highest BCUT2D eigenvalue weighted by molar-refractivity contribution is 5.75. The van der Waals surface area contributed by atoms with Crippen LogP contribution in [0, 0.1) is 10.8 Å². The van der Waals surface area contributed by atoms with Crippen LogP contribution in [-0.2, 0) is 9.63 Å². The molecule has 0 amide bonds. The molecule has 1 N–H and O–H groups in total. The van der Waals surface area contributed by atoms with E-state index in [0.717, 1.165) is 39.0 Å². The van der Waals surface area contributed by atoms with E-state index >= 15 is 0 Å². The first-order valence-electron chi connectivity index (χ1n) is 6.09. The van der Waals surface area contributed by atoms with Crippen molar-refractivity contribution in [3.8, 4) is 0 Å². The minimum Gasteiger partial charge on any atom is -0.367 e. The van der Waals surface area contributed by atoms with Gasteiger partial charge in [0.25, 0.3) is 0 Å². The molecule has 2 fully saturated rings.